The van der Waals surface area contributed by atoms with Gasteiger partial charge in [0.05, 0.1) is 19.0 Å². The molecule has 3 aromatic rings. The van der Waals surface area contributed by atoms with E-state index >= 15 is 0 Å². The molecule has 3 N–H and O–H groups in total. The quantitative estimate of drug-likeness (QED) is 0.451. The number of methoxy groups -OCH3 is 1. The van der Waals surface area contributed by atoms with Crippen molar-refractivity contribution >= 4 is 34.7 Å². The van der Waals surface area contributed by atoms with Crippen molar-refractivity contribution in [3.8, 4) is 5.75 Å². The zero-order chi connectivity index (χ0) is 21.9. The van der Waals surface area contributed by atoms with E-state index in [1.807, 2.05) is 50.4 Å². The number of hydrogen-bond acceptors (Lipinski definition) is 6. The molecular weight excluding hydrogens is 398 g/mol. The third-order valence-electron chi connectivity index (χ3n) is 5.23. The van der Waals surface area contributed by atoms with Crippen LogP contribution in [0.3, 0.4) is 0 Å². The molecule has 30 heavy (non-hydrogen) atoms. The Balaban J connectivity index is 1.93. The molecule has 6 nitrogen and oxygen atoms in total. The second-order valence-electron chi connectivity index (χ2n) is 7.70. The maximum Gasteiger partial charge on any atom is 0.229 e. The third-order valence-corrected chi connectivity index (χ3v) is 5.51. The van der Waals surface area contributed by atoms with Crippen LogP contribution in [0.4, 0.5) is 23.1 Å². The van der Waals surface area contributed by atoms with Gasteiger partial charge in [-0.25, -0.2) is 4.98 Å². The van der Waals surface area contributed by atoms with Crippen molar-refractivity contribution in [2.75, 3.05) is 24.8 Å². The van der Waals surface area contributed by atoms with Crippen molar-refractivity contribution in [2.45, 2.75) is 33.2 Å². The zero-order valence-corrected chi connectivity index (χ0v) is 19.0. The van der Waals surface area contributed by atoms with Gasteiger partial charge in [-0.05, 0) is 69.6 Å². The molecular formula is C23H28ClN5O. The summed E-state index contributed by atoms with van der Waals surface area (Å²) < 4.78 is 5.63. The van der Waals surface area contributed by atoms with Gasteiger partial charge < -0.3 is 20.7 Å². The van der Waals surface area contributed by atoms with E-state index in [1.165, 1.54) is 0 Å². The Hall–Kier alpha value is -2.83. The van der Waals surface area contributed by atoms with Crippen LogP contribution in [0.15, 0.2) is 42.6 Å². The van der Waals surface area contributed by atoms with Crippen molar-refractivity contribution in [1.82, 2.24) is 15.3 Å². The van der Waals surface area contributed by atoms with Gasteiger partial charge in [-0.2, -0.15) is 4.98 Å². The van der Waals surface area contributed by atoms with Crippen molar-refractivity contribution in [3.05, 3.63) is 64.3 Å². The number of nitrogens with one attached hydrogen (secondary N) is 3. The molecule has 158 valence electrons. The van der Waals surface area contributed by atoms with Crippen molar-refractivity contribution in [1.29, 1.82) is 0 Å². The number of para-hydroxylation sites is 1. The SMILES string of the molecule is CNC(C)(C)c1cc(OC)c(Nc2ncc(Cl)c(Nc3ccccc3C)n2)cc1C. The minimum atomic E-state index is -0.183. The largest absolute Gasteiger partial charge is 0.495 e. The zero-order valence-electron chi connectivity index (χ0n) is 18.2. The molecule has 0 saturated heterocycles. The van der Waals surface area contributed by atoms with Crippen LogP contribution < -0.4 is 20.7 Å². The predicted molar refractivity (Wildman–Crippen MR) is 125 cm³/mol. The lowest BCUT2D eigenvalue weighted by molar-refractivity contribution is 0.407. The predicted octanol–water partition coefficient (Wildman–Crippen LogP) is 5.70. The average Bonchev–Trinajstić information content (AvgIpc) is 2.72. The molecule has 0 atom stereocenters. The van der Waals surface area contributed by atoms with E-state index in [2.05, 4.69) is 46.7 Å². The number of rotatable bonds is 7. The molecule has 1 heterocycles. The summed E-state index contributed by atoms with van der Waals surface area (Å²) in [6.45, 7) is 8.37. The fraction of sp³-hybridized carbons (Fsp3) is 0.304. The highest BCUT2D eigenvalue weighted by atomic mass is 35.5. The standard InChI is InChI=1S/C23H28ClN5O/c1-14-9-7-8-10-18(14)27-21-17(24)13-26-22(29-21)28-19-11-15(2)16(12-20(19)30-6)23(3,4)25-5/h7-13,25H,1-6H3,(H2,26,27,28,29). The fourth-order valence-electron chi connectivity index (χ4n) is 3.24. The van der Waals surface area contributed by atoms with Gasteiger partial charge in [0, 0.05) is 11.2 Å². The lowest BCUT2D eigenvalue weighted by Gasteiger charge is -2.28. The lowest BCUT2D eigenvalue weighted by atomic mass is 9.90. The maximum atomic E-state index is 6.33. The van der Waals surface area contributed by atoms with Gasteiger partial charge in [0.25, 0.3) is 0 Å². The normalized spacial score (nSPS) is 11.3. The first-order chi connectivity index (χ1) is 14.2. The second-order valence-corrected chi connectivity index (χ2v) is 8.10. The molecule has 0 bridgehead atoms. The van der Waals surface area contributed by atoms with Crippen LogP contribution in [-0.2, 0) is 5.54 Å². The summed E-state index contributed by atoms with van der Waals surface area (Å²) in [5.41, 5.74) is 4.93. The molecule has 2 aromatic carbocycles. The summed E-state index contributed by atoms with van der Waals surface area (Å²) in [6.07, 6.45) is 1.58. The van der Waals surface area contributed by atoms with E-state index in [9.17, 15) is 0 Å². The highest BCUT2D eigenvalue weighted by molar-refractivity contribution is 6.32. The molecule has 7 heteroatoms. The topological polar surface area (TPSA) is 71.1 Å². The Morgan fingerprint density at radius 3 is 2.40 bits per heavy atom. The monoisotopic (exact) mass is 425 g/mol. The smallest absolute Gasteiger partial charge is 0.229 e. The van der Waals surface area contributed by atoms with Crippen LogP contribution >= 0.6 is 11.6 Å². The van der Waals surface area contributed by atoms with Gasteiger partial charge in [0.2, 0.25) is 5.95 Å². The van der Waals surface area contributed by atoms with Gasteiger partial charge in [-0.1, -0.05) is 29.8 Å². The van der Waals surface area contributed by atoms with Crippen LogP contribution in [0.1, 0.15) is 30.5 Å². The van der Waals surface area contributed by atoms with E-state index in [0.29, 0.717) is 22.5 Å². The van der Waals surface area contributed by atoms with E-state index in [1.54, 1.807) is 13.3 Å². The highest BCUT2D eigenvalue weighted by Gasteiger charge is 2.22. The Bertz CT molecular complexity index is 1050. The first-order valence-corrected chi connectivity index (χ1v) is 10.1. The Morgan fingerprint density at radius 1 is 1.00 bits per heavy atom. The molecule has 0 amide bonds. The summed E-state index contributed by atoms with van der Waals surface area (Å²) >= 11 is 6.33. The Morgan fingerprint density at radius 2 is 1.73 bits per heavy atom. The minimum Gasteiger partial charge on any atom is -0.495 e. The van der Waals surface area contributed by atoms with Gasteiger partial charge in [0.1, 0.15) is 10.8 Å². The van der Waals surface area contributed by atoms with E-state index in [4.69, 9.17) is 16.3 Å². The van der Waals surface area contributed by atoms with Crippen LogP contribution in [0.5, 0.6) is 5.75 Å². The molecule has 0 saturated carbocycles. The van der Waals surface area contributed by atoms with Crippen molar-refractivity contribution in [3.63, 3.8) is 0 Å². The summed E-state index contributed by atoms with van der Waals surface area (Å²) in [7, 11) is 3.60. The molecule has 3 rings (SSSR count). The van der Waals surface area contributed by atoms with Gasteiger partial charge in [0.15, 0.2) is 5.82 Å². The molecule has 0 spiro atoms. The van der Waals surface area contributed by atoms with Crippen LogP contribution in [0, 0.1) is 13.8 Å². The van der Waals surface area contributed by atoms with Crippen molar-refractivity contribution < 1.29 is 4.74 Å². The molecule has 0 aliphatic heterocycles. The first-order valence-electron chi connectivity index (χ1n) is 9.75. The number of aryl methyl sites for hydroxylation is 2. The Kier molecular flexibility index (Phi) is 6.48. The number of benzene rings is 2. The van der Waals surface area contributed by atoms with Crippen molar-refractivity contribution in [2.24, 2.45) is 0 Å². The molecule has 0 radical (unpaired) electrons. The van der Waals surface area contributed by atoms with Gasteiger partial charge in [-0.3, -0.25) is 0 Å². The Labute approximate surface area is 183 Å². The van der Waals surface area contributed by atoms with E-state index in [0.717, 1.165) is 28.1 Å². The van der Waals surface area contributed by atoms with Gasteiger partial charge >= 0.3 is 0 Å². The summed E-state index contributed by atoms with van der Waals surface area (Å²) in [5.74, 6) is 1.67. The summed E-state index contributed by atoms with van der Waals surface area (Å²) in [5, 5.41) is 10.3. The molecule has 0 aliphatic carbocycles. The summed E-state index contributed by atoms with van der Waals surface area (Å²) in [4.78, 5) is 8.89. The molecule has 1 aromatic heterocycles. The van der Waals surface area contributed by atoms with Crippen LogP contribution in [-0.4, -0.2) is 24.1 Å². The van der Waals surface area contributed by atoms with Gasteiger partial charge in [-0.15, -0.1) is 0 Å². The van der Waals surface area contributed by atoms with E-state index < -0.39 is 0 Å². The number of halogens is 1. The first kappa shape index (κ1) is 21.9. The molecule has 0 fully saturated rings. The molecule has 0 unspecified atom stereocenters. The fourth-order valence-corrected chi connectivity index (χ4v) is 3.38. The van der Waals surface area contributed by atoms with E-state index in [-0.39, 0.29) is 5.54 Å². The molecule has 0 aliphatic rings. The summed E-state index contributed by atoms with van der Waals surface area (Å²) in [6, 6.07) is 12.0. The number of anilines is 4. The second kappa shape index (κ2) is 8.90. The number of nitrogens with zero attached hydrogens (tertiary/aromatic N) is 2. The lowest BCUT2D eigenvalue weighted by Crippen LogP contribution is -2.33. The highest BCUT2D eigenvalue weighted by Crippen LogP contribution is 2.35. The average molecular weight is 426 g/mol. The number of aromatic nitrogens is 2. The van der Waals surface area contributed by atoms with Crippen LogP contribution in [0.2, 0.25) is 5.02 Å². The number of hydrogen-bond donors (Lipinski definition) is 3. The minimum absolute atomic E-state index is 0.183. The van der Waals surface area contributed by atoms with Crippen LogP contribution in [0.25, 0.3) is 0 Å². The third kappa shape index (κ3) is 4.66. The maximum absolute atomic E-state index is 6.33. The number of ether oxygens (including phenoxy) is 1.